The number of rotatable bonds is 8. The van der Waals surface area contributed by atoms with Gasteiger partial charge in [-0.15, -0.1) is 6.58 Å². The van der Waals surface area contributed by atoms with Crippen LogP contribution in [0.25, 0.3) is 10.9 Å². The van der Waals surface area contributed by atoms with Crippen LogP contribution in [0, 0.1) is 0 Å². The summed E-state index contributed by atoms with van der Waals surface area (Å²) in [5.41, 5.74) is 3.41. The third-order valence-electron chi connectivity index (χ3n) is 8.14. The number of nitrogens with zero attached hydrogens (tertiary/aromatic N) is 4. The summed E-state index contributed by atoms with van der Waals surface area (Å²) < 4.78 is 0. The van der Waals surface area contributed by atoms with Crippen LogP contribution < -0.4 is 5.32 Å². The van der Waals surface area contributed by atoms with Gasteiger partial charge in [-0.1, -0.05) is 78.3 Å². The molecule has 2 aliphatic rings. The molecule has 3 N–H and O–H groups in total. The highest BCUT2D eigenvalue weighted by Gasteiger charge is 2.51. The van der Waals surface area contributed by atoms with Crippen molar-refractivity contribution in [2.45, 2.75) is 31.7 Å². The number of phenolic OH excluding ortho intramolecular Hbond substituents is 1. The van der Waals surface area contributed by atoms with E-state index in [2.05, 4.69) is 16.9 Å². The number of urea groups is 1. The zero-order valence-electron chi connectivity index (χ0n) is 24.0. The Bertz CT molecular complexity index is 1690. The molecule has 226 valence electrons. The maximum absolute atomic E-state index is 14.2. The molecule has 2 aliphatic heterocycles. The minimum absolute atomic E-state index is 0.0824. The number of piperazine rings is 1. The number of benzene rings is 3. The smallest absolute Gasteiger partial charge is 0.334 e. The number of hydrazine groups is 1. The summed E-state index contributed by atoms with van der Waals surface area (Å²) in [7, 11) is 0. The Morgan fingerprint density at radius 3 is 2.57 bits per heavy atom. The van der Waals surface area contributed by atoms with Gasteiger partial charge in [0, 0.05) is 37.6 Å². The number of halogens is 1. The van der Waals surface area contributed by atoms with Gasteiger partial charge in [-0.2, -0.15) is 0 Å². The molecule has 11 heteroatoms. The largest absolute Gasteiger partial charge is 0.508 e. The van der Waals surface area contributed by atoms with Crippen LogP contribution in [0.4, 0.5) is 4.79 Å². The van der Waals surface area contributed by atoms with Crippen LogP contribution in [0.1, 0.15) is 16.7 Å². The lowest BCUT2D eigenvalue weighted by Gasteiger charge is -2.55. The van der Waals surface area contributed by atoms with Gasteiger partial charge in [0.2, 0.25) is 11.8 Å². The van der Waals surface area contributed by atoms with Crippen molar-refractivity contribution in [1.29, 1.82) is 0 Å². The van der Waals surface area contributed by atoms with Gasteiger partial charge in [0.15, 0.2) is 0 Å². The van der Waals surface area contributed by atoms with E-state index in [4.69, 9.17) is 11.6 Å². The van der Waals surface area contributed by atoms with E-state index in [9.17, 15) is 19.5 Å². The molecule has 6 rings (SSSR count). The number of H-pyrrole nitrogens is 1. The van der Waals surface area contributed by atoms with E-state index in [0.717, 1.165) is 27.6 Å². The van der Waals surface area contributed by atoms with Gasteiger partial charge in [0.05, 0.1) is 23.6 Å². The third-order valence-corrected chi connectivity index (χ3v) is 8.46. The molecule has 44 heavy (non-hydrogen) atoms. The van der Waals surface area contributed by atoms with E-state index < -0.39 is 12.2 Å². The lowest BCUT2D eigenvalue weighted by Crippen LogP contribution is -2.76. The molecule has 3 aromatic carbocycles. The van der Waals surface area contributed by atoms with Crippen molar-refractivity contribution in [3.05, 3.63) is 113 Å². The summed E-state index contributed by atoms with van der Waals surface area (Å²) in [6.07, 6.45) is 2.82. The molecule has 0 radical (unpaired) electrons. The first-order chi connectivity index (χ1) is 21.3. The number of carbonyl (C=O) groups excluding carboxylic acids is 3. The van der Waals surface area contributed by atoms with Gasteiger partial charge in [-0.25, -0.2) is 14.8 Å². The standard InChI is InChI=1S/C33H33ClN6O4/c1-2-15-38-21-30(42)39-28(16-22-11-13-25(41)14-12-22)32(43)37(19-24-9-6-10-26-27(34)18-35-31(24)26)20-29(39)40(38)33(44)36-17-23-7-4-3-5-8-23/h2-14,18,28-29,35,41H,1,15-17,19-21H2,(H,36,44). The molecule has 4 amide bonds. The number of phenols is 1. The molecule has 2 saturated heterocycles. The van der Waals surface area contributed by atoms with Crippen molar-refractivity contribution in [2.24, 2.45) is 0 Å². The van der Waals surface area contributed by atoms with Crippen molar-refractivity contribution < 1.29 is 19.5 Å². The van der Waals surface area contributed by atoms with Crippen LogP contribution >= 0.6 is 11.6 Å². The van der Waals surface area contributed by atoms with Gasteiger partial charge in [0.25, 0.3) is 0 Å². The summed E-state index contributed by atoms with van der Waals surface area (Å²) in [5.74, 6) is -0.366. The molecule has 2 unspecified atom stereocenters. The Hall–Kier alpha value is -4.80. The van der Waals surface area contributed by atoms with E-state index in [1.165, 1.54) is 0 Å². The number of aromatic hydroxyl groups is 1. The number of nitrogens with one attached hydrogen (secondary N) is 2. The molecular weight excluding hydrogens is 580 g/mol. The fraction of sp³-hybridized carbons (Fsp3) is 0.242. The van der Waals surface area contributed by atoms with Crippen LogP contribution in [-0.2, 0) is 29.1 Å². The topological polar surface area (TPSA) is 112 Å². The predicted molar refractivity (Wildman–Crippen MR) is 167 cm³/mol. The van der Waals surface area contributed by atoms with Crippen molar-refractivity contribution in [3.63, 3.8) is 0 Å². The molecular formula is C33H33ClN6O4. The molecule has 3 heterocycles. The second-order valence-corrected chi connectivity index (χ2v) is 11.4. The Labute approximate surface area is 260 Å². The van der Waals surface area contributed by atoms with E-state index >= 15 is 0 Å². The number of aromatic nitrogens is 1. The normalized spacial score (nSPS) is 18.9. The summed E-state index contributed by atoms with van der Waals surface area (Å²) in [4.78, 5) is 48.4. The molecule has 2 atom stereocenters. The SMILES string of the molecule is C=CCN1CC(=O)N2C(Cc3ccc(O)cc3)C(=O)N(Cc3cccc4c(Cl)c[nH]c34)CC2N1C(=O)NCc1ccccc1. The highest BCUT2D eigenvalue weighted by Crippen LogP contribution is 2.31. The number of hydrogen-bond acceptors (Lipinski definition) is 5. The summed E-state index contributed by atoms with van der Waals surface area (Å²) in [6, 6.07) is 20.7. The number of aromatic amines is 1. The van der Waals surface area contributed by atoms with Gasteiger partial charge >= 0.3 is 6.03 Å². The second-order valence-electron chi connectivity index (χ2n) is 11.0. The number of carbonyl (C=O) groups is 3. The van der Waals surface area contributed by atoms with Crippen molar-refractivity contribution >= 4 is 40.3 Å². The average Bonchev–Trinajstić information content (AvgIpc) is 3.41. The predicted octanol–water partition coefficient (Wildman–Crippen LogP) is 4.26. The number of hydrogen-bond donors (Lipinski definition) is 3. The fourth-order valence-corrected chi connectivity index (χ4v) is 6.29. The minimum Gasteiger partial charge on any atom is -0.508 e. The molecule has 0 saturated carbocycles. The van der Waals surface area contributed by atoms with Gasteiger partial charge in [-0.05, 0) is 28.8 Å². The van der Waals surface area contributed by atoms with E-state index in [-0.39, 0.29) is 56.2 Å². The molecule has 4 aromatic rings. The Morgan fingerprint density at radius 1 is 1.05 bits per heavy atom. The molecule has 1 aromatic heterocycles. The number of fused-ring (bicyclic) bond motifs is 2. The van der Waals surface area contributed by atoms with Crippen LogP contribution in [-0.4, -0.2) is 79.6 Å². The Morgan fingerprint density at radius 2 is 1.82 bits per heavy atom. The van der Waals surface area contributed by atoms with E-state index in [1.807, 2.05) is 48.5 Å². The van der Waals surface area contributed by atoms with Crippen molar-refractivity contribution in [2.75, 3.05) is 19.6 Å². The summed E-state index contributed by atoms with van der Waals surface area (Å²) in [6.45, 7) is 4.68. The van der Waals surface area contributed by atoms with Crippen LogP contribution in [0.5, 0.6) is 5.75 Å². The highest BCUT2D eigenvalue weighted by molar-refractivity contribution is 6.35. The Balaban J connectivity index is 1.37. The van der Waals surface area contributed by atoms with Gasteiger partial charge < -0.3 is 25.2 Å². The molecule has 0 bridgehead atoms. The zero-order chi connectivity index (χ0) is 30.8. The molecule has 0 spiro atoms. The first kappa shape index (κ1) is 29.3. The maximum atomic E-state index is 14.2. The van der Waals surface area contributed by atoms with Gasteiger partial charge in [0.1, 0.15) is 18.0 Å². The van der Waals surface area contributed by atoms with Crippen LogP contribution in [0.2, 0.25) is 5.02 Å². The first-order valence-electron chi connectivity index (χ1n) is 14.4. The maximum Gasteiger partial charge on any atom is 0.334 e. The van der Waals surface area contributed by atoms with Crippen molar-refractivity contribution in [1.82, 2.24) is 30.1 Å². The lowest BCUT2D eigenvalue weighted by molar-refractivity contribution is -0.189. The fourth-order valence-electron chi connectivity index (χ4n) is 6.07. The van der Waals surface area contributed by atoms with Gasteiger partial charge in [-0.3, -0.25) is 9.59 Å². The first-order valence-corrected chi connectivity index (χ1v) is 14.8. The minimum atomic E-state index is -0.868. The third kappa shape index (κ3) is 5.73. The molecule has 2 fully saturated rings. The van der Waals surface area contributed by atoms with Crippen molar-refractivity contribution in [3.8, 4) is 5.75 Å². The number of para-hydroxylation sites is 1. The monoisotopic (exact) mass is 612 g/mol. The highest BCUT2D eigenvalue weighted by atomic mass is 35.5. The zero-order valence-corrected chi connectivity index (χ0v) is 24.8. The van der Waals surface area contributed by atoms with E-state index in [0.29, 0.717) is 11.6 Å². The average molecular weight is 613 g/mol. The lowest BCUT2D eigenvalue weighted by atomic mass is 9.98. The van der Waals surface area contributed by atoms with Crippen LogP contribution in [0.15, 0.2) is 91.6 Å². The Kier molecular flexibility index (Phi) is 8.28. The van der Waals surface area contributed by atoms with Crippen LogP contribution in [0.3, 0.4) is 0 Å². The quantitative estimate of drug-likeness (QED) is 0.258. The molecule has 0 aliphatic carbocycles. The second kappa shape index (κ2) is 12.4. The number of amides is 4. The van der Waals surface area contributed by atoms with E-state index in [1.54, 1.807) is 56.4 Å². The molecule has 10 nitrogen and oxygen atoms in total. The summed E-state index contributed by atoms with van der Waals surface area (Å²) >= 11 is 6.38. The summed E-state index contributed by atoms with van der Waals surface area (Å²) in [5, 5.41) is 17.5.